The first-order valence-corrected chi connectivity index (χ1v) is 11.2. The van der Waals surface area contributed by atoms with Gasteiger partial charge in [-0.05, 0) is 99.3 Å². The van der Waals surface area contributed by atoms with Crippen LogP contribution in [0, 0.1) is 12.3 Å². The predicted molar refractivity (Wildman–Crippen MR) is 128 cm³/mol. The average Bonchev–Trinajstić information content (AvgIpc) is 2.74. The van der Waals surface area contributed by atoms with E-state index >= 15 is 0 Å². The number of likely N-dealkylation sites (N-methyl/N-ethyl adjacent to an activating group) is 1. The molecule has 1 saturated carbocycles. The van der Waals surface area contributed by atoms with Crippen LogP contribution in [0.2, 0.25) is 0 Å². The fourth-order valence-electron chi connectivity index (χ4n) is 4.37. The molecule has 1 aliphatic carbocycles. The van der Waals surface area contributed by atoms with Gasteiger partial charge in [0.25, 0.3) is 0 Å². The maximum absolute atomic E-state index is 7.40. The second kappa shape index (κ2) is 12.4. The monoisotopic (exact) mass is 393 g/mol. The van der Waals surface area contributed by atoms with Gasteiger partial charge in [0.15, 0.2) is 0 Å². The Morgan fingerprint density at radius 1 is 1.17 bits per heavy atom. The molecule has 0 bridgehead atoms. The minimum absolute atomic E-state index is 0.878. The minimum Gasteiger partial charge on any atom is -0.390 e. The van der Waals surface area contributed by atoms with Gasteiger partial charge in [0.05, 0.1) is 0 Å². The molecule has 0 heterocycles. The topological polar surface area (TPSA) is 47.9 Å². The molecule has 0 aromatic heterocycles. The van der Waals surface area contributed by atoms with Crippen LogP contribution in [0.4, 0.5) is 0 Å². The molecule has 3 nitrogen and oxygen atoms in total. The first-order valence-electron chi connectivity index (χ1n) is 11.2. The van der Waals surface area contributed by atoms with Crippen molar-refractivity contribution < 1.29 is 0 Å². The van der Waals surface area contributed by atoms with Crippen LogP contribution in [0.15, 0.2) is 52.8 Å². The molecule has 1 aliphatic rings. The fraction of sp³-hybridized carbons (Fsp3) is 0.500. The molecule has 0 amide bonds. The molecule has 1 fully saturated rings. The zero-order chi connectivity index (χ0) is 21.1. The number of aryl methyl sites for hydroxylation is 1. The van der Waals surface area contributed by atoms with E-state index in [2.05, 4.69) is 55.7 Å². The summed E-state index contributed by atoms with van der Waals surface area (Å²) in [6, 6.07) is 8.65. The summed E-state index contributed by atoms with van der Waals surface area (Å²) in [6.07, 6.45) is 11.6. The Labute approximate surface area is 177 Å². The maximum Gasteiger partial charge on any atom is 0.0356 e. The highest BCUT2D eigenvalue weighted by Crippen LogP contribution is 2.32. The number of allylic oxidation sites excluding steroid dienone is 5. The van der Waals surface area contributed by atoms with E-state index in [1.54, 1.807) is 0 Å². The van der Waals surface area contributed by atoms with Gasteiger partial charge in [0, 0.05) is 25.5 Å². The summed E-state index contributed by atoms with van der Waals surface area (Å²) in [5.74, 6) is 0. The predicted octanol–water partition coefficient (Wildman–Crippen LogP) is 6.17. The highest BCUT2D eigenvalue weighted by atomic mass is 14.9. The van der Waals surface area contributed by atoms with E-state index in [1.807, 2.05) is 13.1 Å². The summed E-state index contributed by atoms with van der Waals surface area (Å²) in [5.41, 5.74) is 9.80. The van der Waals surface area contributed by atoms with Crippen molar-refractivity contribution >= 4 is 11.8 Å². The van der Waals surface area contributed by atoms with Gasteiger partial charge in [-0.3, -0.25) is 0 Å². The van der Waals surface area contributed by atoms with E-state index in [4.69, 9.17) is 5.41 Å². The van der Waals surface area contributed by atoms with E-state index in [9.17, 15) is 0 Å². The Kier molecular flexibility index (Phi) is 9.93. The molecule has 0 radical (unpaired) electrons. The van der Waals surface area contributed by atoms with Gasteiger partial charge in [-0.25, -0.2) is 0 Å². The fourth-order valence-corrected chi connectivity index (χ4v) is 4.37. The van der Waals surface area contributed by atoms with Crippen molar-refractivity contribution in [2.45, 2.75) is 65.7 Å². The quantitative estimate of drug-likeness (QED) is 0.329. The molecule has 29 heavy (non-hydrogen) atoms. The Morgan fingerprint density at radius 2 is 1.93 bits per heavy atom. The average molecular weight is 394 g/mol. The van der Waals surface area contributed by atoms with Crippen molar-refractivity contribution in [2.75, 3.05) is 20.1 Å². The Hall–Kier alpha value is -2.13. The van der Waals surface area contributed by atoms with Crippen molar-refractivity contribution in [3.8, 4) is 0 Å². The van der Waals surface area contributed by atoms with Gasteiger partial charge < -0.3 is 16.0 Å². The molecule has 3 heteroatoms. The second-order valence-corrected chi connectivity index (χ2v) is 7.98. The lowest BCUT2D eigenvalue weighted by Gasteiger charge is -2.21. The summed E-state index contributed by atoms with van der Waals surface area (Å²) in [7, 11) is 2.03. The van der Waals surface area contributed by atoms with Gasteiger partial charge >= 0.3 is 0 Å². The smallest absolute Gasteiger partial charge is 0.0356 e. The van der Waals surface area contributed by atoms with Gasteiger partial charge in [0.1, 0.15) is 0 Å². The van der Waals surface area contributed by atoms with Crippen LogP contribution in [0.25, 0.3) is 5.57 Å². The van der Waals surface area contributed by atoms with Gasteiger partial charge in [-0.2, -0.15) is 0 Å². The molecule has 0 spiro atoms. The largest absolute Gasteiger partial charge is 0.390 e. The van der Waals surface area contributed by atoms with Crippen molar-refractivity contribution in [1.82, 2.24) is 10.6 Å². The number of hydrogen-bond acceptors (Lipinski definition) is 3. The van der Waals surface area contributed by atoms with Gasteiger partial charge in [-0.15, -0.1) is 0 Å². The minimum atomic E-state index is 0.878. The molecular formula is C26H39N3. The third-order valence-corrected chi connectivity index (χ3v) is 6.01. The molecule has 0 unspecified atom stereocenters. The molecule has 0 atom stereocenters. The summed E-state index contributed by atoms with van der Waals surface area (Å²) in [5, 5.41) is 14.5. The van der Waals surface area contributed by atoms with E-state index < -0.39 is 0 Å². The summed E-state index contributed by atoms with van der Waals surface area (Å²) >= 11 is 0. The third kappa shape index (κ3) is 6.71. The van der Waals surface area contributed by atoms with Crippen molar-refractivity contribution in [3.63, 3.8) is 0 Å². The zero-order valence-corrected chi connectivity index (χ0v) is 18.8. The Bertz CT molecular complexity index is 768. The van der Waals surface area contributed by atoms with Crippen LogP contribution in [0.1, 0.15) is 69.9 Å². The van der Waals surface area contributed by atoms with E-state index in [-0.39, 0.29) is 0 Å². The zero-order valence-electron chi connectivity index (χ0n) is 18.8. The molecule has 0 aliphatic heterocycles. The summed E-state index contributed by atoms with van der Waals surface area (Å²) in [6.45, 7) is 8.60. The molecule has 1 aromatic carbocycles. The molecule has 158 valence electrons. The lowest BCUT2D eigenvalue weighted by molar-refractivity contribution is 0.645. The molecule has 0 saturated heterocycles. The molecule has 1 aromatic rings. The van der Waals surface area contributed by atoms with E-state index in [0.717, 1.165) is 38.8 Å². The lowest BCUT2D eigenvalue weighted by atomic mass is 9.85. The van der Waals surface area contributed by atoms with E-state index in [1.165, 1.54) is 64.6 Å². The third-order valence-electron chi connectivity index (χ3n) is 6.01. The number of rotatable bonds is 10. The number of benzene rings is 1. The van der Waals surface area contributed by atoms with Crippen molar-refractivity contribution in [1.29, 1.82) is 5.41 Å². The highest BCUT2D eigenvalue weighted by molar-refractivity contribution is 5.71. The van der Waals surface area contributed by atoms with Crippen LogP contribution in [0.3, 0.4) is 0 Å². The van der Waals surface area contributed by atoms with Crippen molar-refractivity contribution in [3.05, 3.63) is 63.9 Å². The van der Waals surface area contributed by atoms with Crippen LogP contribution in [-0.4, -0.2) is 26.4 Å². The van der Waals surface area contributed by atoms with E-state index in [0.29, 0.717) is 0 Å². The lowest BCUT2D eigenvalue weighted by Crippen LogP contribution is -2.25. The molecule has 2 rings (SSSR count). The van der Waals surface area contributed by atoms with Crippen LogP contribution in [0.5, 0.6) is 0 Å². The highest BCUT2D eigenvalue weighted by Gasteiger charge is 2.14. The number of nitrogens with one attached hydrogen (secondary N) is 3. The maximum atomic E-state index is 7.40. The van der Waals surface area contributed by atoms with Gasteiger partial charge in [0.2, 0.25) is 0 Å². The Balaban J connectivity index is 1.93. The SMILES string of the molecule is CC/C(=C(\CNCCC/C(C)=C1\CCCC\C1=C\C=N)NC)c1ccccc1C. The van der Waals surface area contributed by atoms with Crippen LogP contribution >= 0.6 is 0 Å². The molecular weight excluding hydrogens is 354 g/mol. The van der Waals surface area contributed by atoms with Crippen LogP contribution in [-0.2, 0) is 0 Å². The normalized spacial score (nSPS) is 18.4. The summed E-state index contributed by atoms with van der Waals surface area (Å²) < 4.78 is 0. The Morgan fingerprint density at radius 3 is 2.62 bits per heavy atom. The second-order valence-electron chi connectivity index (χ2n) is 7.98. The first kappa shape index (κ1) is 23.2. The molecule has 3 N–H and O–H groups in total. The van der Waals surface area contributed by atoms with Gasteiger partial charge in [-0.1, -0.05) is 36.8 Å². The first-order chi connectivity index (χ1) is 14.1. The standard InChI is InChI=1S/C26H39N3/c1-5-23(25-15-8-6-11-21(25)3)26(28-4)19-29-18-10-12-20(2)24-14-9-7-13-22(24)16-17-27/h6,8,11,15-17,27-29H,5,7,9-10,12-14,18-19H2,1-4H3/b22-16-,24-20+,26-23-,27-17?. The number of hydrogen-bond donors (Lipinski definition) is 3. The van der Waals surface area contributed by atoms with Crippen molar-refractivity contribution in [2.24, 2.45) is 0 Å². The summed E-state index contributed by atoms with van der Waals surface area (Å²) in [4.78, 5) is 0. The van der Waals surface area contributed by atoms with Crippen LogP contribution < -0.4 is 10.6 Å².